The van der Waals surface area contributed by atoms with Gasteiger partial charge in [-0.05, 0) is 25.4 Å². The predicted octanol–water partition coefficient (Wildman–Crippen LogP) is 2.63. The van der Waals surface area contributed by atoms with Gasteiger partial charge >= 0.3 is 6.18 Å². The van der Waals surface area contributed by atoms with Crippen molar-refractivity contribution < 1.29 is 13.2 Å². The van der Waals surface area contributed by atoms with E-state index in [0.29, 0.717) is 0 Å². The lowest BCUT2D eigenvalue weighted by molar-refractivity contribution is -0.141. The van der Waals surface area contributed by atoms with Crippen LogP contribution < -0.4 is 11.1 Å². The smallest absolute Gasteiger partial charge is 0.368 e. The van der Waals surface area contributed by atoms with Gasteiger partial charge in [-0.1, -0.05) is 0 Å². The Hall–Kier alpha value is -1.18. The van der Waals surface area contributed by atoms with Crippen molar-refractivity contribution in [1.82, 2.24) is 9.97 Å². The third-order valence-electron chi connectivity index (χ3n) is 2.18. The zero-order valence-corrected chi connectivity index (χ0v) is 10.9. The lowest BCUT2D eigenvalue weighted by Crippen LogP contribution is -2.19. The van der Waals surface area contributed by atoms with Gasteiger partial charge in [0.1, 0.15) is 5.82 Å². The van der Waals surface area contributed by atoms with E-state index in [4.69, 9.17) is 5.73 Å². The van der Waals surface area contributed by atoms with Crippen molar-refractivity contribution >= 4 is 23.5 Å². The second-order valence-electron chi connectivity index (χ2n) is 3.82. The van der Waals surface area contributed by atoms with Gasteiger partial charge in [0.15, 0.2) is 5.69 Å². The lowest BCUT2D eigenvalue weighted by Gasteiger charge is -2.15. The largest absolute Gasteiger partial charge is 0.433 e. The summed E-state index contributed by atoms with van der Waals surface area (Å²) in [5.41, 5.74) is 4.23. The standard InChI is InChI=1S/C10H15F3N4S/c1-6(3-4-18-2)15-8-5-7(10(11,12)13)16-9(14)17-8/h5-6H,3-4H2,1-2H3,(H3,14,15,16,17). The predicted molar refractivity (Wildman–Crippen MR) is 67.5 cm³/mol. The molecule has 1 heterocycles. The third kappa shape index (κ3) is 4.59. The van der Waals surface area contributed by atoms with Gasteiger partial charge in [-0.2, -0.15) is 29.9 Å². The topological polar surface area (TPSA) is 63.8 Å². The van der Waals surface area contributed by atoms with Crippen LogP contribution >= 0.6 is 11.8 Å². The normalized spacial score (nSPS) is 13.4. The summed E-state index contributed by atoms with van der Waals surface area (Å²) in [6.07, 6.45) is -1.72. The Labute approximate surface area is 108 Å². The zero-order valence-electron chi connectivity index (χ0n) is 10.1. The van der Waals surface area contributed by atoms with Gasteiger partial charge < -0.3 is 11.1 Å². The first-order valence-electron chi connectivity index (χ1n) is 5.30. The number of nitrogens with zero attached hydrogens (tertiary/aromatic N) is 2. The van der Waals surface area contributed by atoms with Crippen molar-refractivity contribution in [3.63, 3.8) is 0 Å². The summed E-state index contributed by atoms with van der Waals surface area (Å²) in [5.74, 6) is 0.633. The quantitative estimate of drug-likeness (QED) is 0.868. The van der Waals surface area contributed by atoms with Crippen LogP contribution in [0.3, 0.4) is 0 Å². The number of nitrogens with one attached hydrogen (secondary N) is 1. The first kappa shape index (κ1) is 14.9. The maximum atomic E-state index is 12.5. The molecule has 0 amide bonds. The molecular weight excluding hydrogens is 265 g/mol. The first-order chi connectivity index (χ1) is 8.32. The van der Waals surface area contributed by atoms with Crippen molar-refractivity contribution in [1.29, 1.82) is 0 Å². The van der Waals surface area contributed by atoms with Gasteiger partial charge in [-0.25, -0.2) is 4.98 Å². The number of nitrogens with two attached hydrogens (primary N) is 1. The number of hydrogen-bond donors (Lipinski definition) is 2. The van der Waals surface area contributed by atoms with Gasteiger partial charge in [0.25, 0.3) is 0 Å². The summed E-state index contributed by atoms with van der Waals surface area (Å²) in [4.78, 5) is 6.92. The molecule has 0 aromatic carbocycles. The number of anilines is 2. The number of halogens is 3. The molecule has 0 aliphatic heterocycles. The van der Waals surface area contributed by atoms with Crippen molar-refractivity contribution in [2.75, 3.05) is 23.1 Å². The minimum Gasteiger partial charge on any atom is -0.368 e. The van der Waals surface area contributed by atoms with E-state index in [0.717, 1.165) is 18.2 Å². The minimum atomic E-state index is -4.52. The molecule has 18 heavy (non-hydrogen) atoms. The minimum absolute atomic E-state index is 0.0211. The first-order valence-corrected chi connectivity index (χ1v) is 6.69. The molecule has 102 valence electrons. The Balaban J connectivity index is 2.80. The van der Waals surface area contributed by atoms with E-state index in [9.17, 15) is 13.2 Å². The van der Waals surface area contributed by atoms with Crippen LogP contribution in [0.1, 0.15) is 19.0 Å². The van der Waals surface area contributed by atoms with Crippen molar-refractivity contribution in [2.45, 2.75) is 25.6 Å². The Morgan fingerprint density at radius 2 is 2.11 bits per heavy atom. The number of nitrogen functional groups attached to an aromatic ring is 1. The molecule has 0 saturated carbocycles. The number of rotatable bonds is 5. The molecule has 0 fully saturated rings. The maximum Gasteiger partial charge on any atom is 0.433 e. The van der Waals surface area contributed by atoms with E-state index in [-0.39, 0.29) is 17.8 Å². The molecule has 3 N–H and O–H groups in total. The summed E-state index contributed by atoms with van der Waals surface area (Å²) < 4.78 is 37.5. The van der Waals surface area contributed by atoms with E-state index in [1.165, 1.54) is 0 Å². The Morgan fingerprint density at radius 1 is 1.44 bits per heavy atom. The molecule has 0 spiro atoms. The second-order valence-corrected chi connectivity index (χ2v) is 4.81. The molecular formula is C10H15F3N4S. The van der Waals surface area contributed by atoms with Crippen LogP contribution in [0.25, 0.3) is 0 Å². The highest BCUT2D eigenvalue weighted by atomic mass is 32.2. The molecule has 1 rings (SSSR count). The average molecular weight is 280 g/mol. The molecule has 8 heteroatoms. The number of thioether (sulfide) groups is 1. The number of alkyl halides is 3. The molecule has 1 aromatic heterocycles. The maximum absolute atomic E-state index is 12.5. The molecule has 1 unspecified atom stereocenters. The fraction of sp³-hybridized carbons (Fsp3) is 0.600. The molecule has 0 aliphatic carbocycles. The summed E-state index contributed by atoms with van der Waals surface area (Å²) in [7, 11) is 0. The fourth-order valence-corrected chi connectivity index (χ4v) is 1.89. The number of aromatic nitrogens is 2. The van der Waals surface area contributed by atoms with Gasteiger partial charge in [-0.3, -0.25) is 0 Å². The van der Waals surface area contributed by atoms with Gasteiger partial charge in [0, 0.05) is 12.1 Å². The van der Waals surface area contributed by atoms with Gasteiger partial charge in [0.05, 0.1) is 0 Å². The Bertz CT molecular complexity index is 397. The highest BCUT2D eigenvalue weighted by Gasteiger charge is 2.33. The Morgan fingerprint density at radius 3 is 2.67 bits per heavy atom. The molecule has 0 radical (unpaired) electrons. The van der Waals surface area contributed by atoms with Gasteiger partial charge in [-0.15, -0.1) is 0 Å². The van der Waals surface area contributed by atoms with Crippen LogP contribution in [0.15, 0.2) is 6.07 Å². The lowest BCUT2D eigenvalue weighted by atomic mass is 10.2. The Kier molecular flexibility index (Phi) is 5.06. The molecule has 0 saturated heterocycles. The molecule has 1 aromatic rings. The second kappa shape index (κ2) is 6.12. The third-order valence-corrected chi connectivity index (χ3v) is 2.83. The summed E-state index contributed by atoms with van der Waals surface area (Å²) in [6, 6.07) is 0.888. The molecule has 1 atom stereocenters. The summed E-state index contributed by atoms with van der Waals surface area (Å²) in [6.45, 7) is 1.88. The number of hydrogen-bond acceptors (Lipinski definition) is 5. The van der Waals surface area contributed by atoms with E-state index < -0.39 is 11.9 Å². The van der Waals surface area contributed by atoms with Crippen LogP contribution in [-0.2, 0) is 6.18 Å². The zero-order chi connectivity index (χ0) is 13.8. The monoisotopic (exact) mass is 280 g/mol. The van der Waals surface area contributed by atoms with Crippen LogP contribution in [0.5, 0.6) is 0 Å². The highest BCUT2D eigenvalue weighted by Crippen LogP contribution is 2.29. The van der Waals surface area contributed by atoms with Crippen LogP contribution in [0, 0.1) is 0 Å². The molecule has 0 aliphatic rings. The SMILES string of the molecule is CSCCC(C)Nc1cc(C(F)(F)F)nc(N)n1. The van der Waals surface area contributed by atoms with E-state index in [1.807, 2.05) is 13.2 Å². The average Bonchev–Trinajstić information content (AvgIpc) is 2.24. The van der Waals surface area contributed by atoms with Crippen LogP contribution in [0.2, 0.25) is 0 Å². The van der Waals surface area contributed by atoms with Crippen LogP contribution in [-0.4, -0.2) is 28.0 Å². The fourth-order valence-electron chi connectivity index (χ4n) is 1.30. The van der Waals surface area contributed by atoms with E-state index in [1.54, 1.807) is 11.8 Å². The van der Waals surface area contributed by atoms with Crippen molar-refractivity contribution in [2.24, 2.45) is 0 Å². The van der Waals surface area contributed by atoms with Crippen molar-refractivity contribution in [3.8, 4) is 0 Å². The molecule has 4 nitrogen and oxygen atoms in total. The van der Waals surface area contributed by atoms with E-state index in [2.05, 4.69) is 15.3 Å². The van der Waals surface area contributed by atoms with Crippen LogP contribution in [0.4, 0.5) is 24.9 Å². The molecule has 0 bridgehead atoms. The highest BCUT2D eigenvalue weighted by molar-refractivity contribution is 7.98. The summed E-state index contributed by atoms with van der Waals surface area (Å²) in [5, 5.41) is 2.89. The van der Waals surface area contributed by atoms with Gasteiger partial charge in [0.2, 0.25) is 5.95 Å². The van der Waals surface area contributed by atoms with Crippen molar-refractivity contribution in [3.05, 3.63) is 11.8 Å². The summed E-state index contributed by atoms with van der Waals surface area (Å²) >= 11 is 1.67. The van der Waals surface area contributed by atoms with E-state index >= 15 is 0 Å².